The highest BCUT2D eigenvalue weighted by atomic mass is 16.5. The standard InChI is InChI=1S/C12H16N2O3/c1-12(11(16)17-2)7-4-8-14(12)9-5-3-6-10(15)13-9/h3,5-6H,4,7-8H2,1-2H3,(H,13,15). The number of carbonyl (C=O) groups excluding carboxylic acids is 1. The van der Waals surface area contributed by atoms with Crippen LogP contribution < -0.4 is 4.90 Å². The van der Waals surface area contributed by atoms with Gasteiger partial charge in [-0.25, -0.2) is 4.79 Å². The maximum atomic E-state index is 11.9. The van der Waals surface area contributed by atoms with Crippen LogP contribution in [-0.4, -0.2) is 35.3 Å². The van der Waals surface area contributed by atoms with Gasteiger partial charge in [0.05, 0.1) is 7.11 Å². The minimum absolute atomic E-state index is 0.0402. The van der Waals surface area contributed by atoms with Crippen LogP contribution in [0.5, 0.6) is 5.88 Å². The van der Waals surface area contributed by atoms with E-state index >= 15 is 0 Å². The van der Waals surface area contributed by atoms with Gasteiger partial charge in [0.2, 0.25) is 5.88 Å². The van der Waals surface area contributed by atoms with E-state index in [1.165, 1.54) is 13.2 Å². The summed E-state index contributed by atoms with van der Waals surface area (Å²) in [4.78, 5) is 17.8. The van der Waals surface area contributed by atoms with Crippen molar-refractivity contribution in [3.05, 3.63) is 18.2 Å². The van der Waals surface area contributed by atoms with E-state index in [1.807, 2.05) is 11.8 Å². The average molecular weight is 236 g/mol. The molecule has 1 unspecified atom stereocenters. The van der Waals surface area contributed by atoms with Gasteiger partial charge in [0.1, 0.15) is 11.4 Å². The van der Waals surface area contributed by atoms with E-state index in [9.17, 15) is 9.90 Å². The van der Waals surface area contributed by atoms with Crippen molar-refractivity contribution in [1.82, 2.24) is 4.98 Å². The van der Waals surface area contributed by atoms with Crippen molar-refractivity contribution < 1.29 is 14.6 Å². The molecule has 17 heavy (non-hydrogen) atoms. The second-order valence-electron chi connectivity index (χ2n) is 4.37. The smallest absolute Gasteiger partial charge is 0.331 e. The number of nitrogens with zero attached hydrogens (tertiary/aromatic N) is 2. The first-order valence-corrected chi connectivity index (χ1v) is 5.60. The second-order valence-corrected chi connectivity index (χ2v) is 4.37. The highest BCUT2D eigenvalue weighted by Crippen LogP contribution is 2.34. The normalized spacial score (nSPS) is 23.8. The Labute approximate surface area is 100 Å². The molecule has 0 aromatic carbocycles. The first-order chi connectivity index (χ1) is 8.08. The maximum Gasteiger partial charge on any atom is 0.331 e. The predicted octanol–water partition coefficient (Wildman–Crippen LogP) is 1.32. The van der Waals surface area contributed by atoms with Crippen molar-refractivity contribution in [2.24, 2.45) is 0 Å². The van der Waals surface area contributed by atoms with Crippen molar-refractivity contribution >= 4 is 11.8 Å². The molecule has 5 nitrogen and oxygen atoms in total. The van der Waals surface area contributed by atoms with Gasteiger partial charge in [-0.05, 0) is 25.8 Å². The SMILES string of the molecule is COC(=O)C1(C)CCCN1c1cccc(O)n1. The molecule has 2 heterocycles. The number of carbonyl (C=O) groups is 1. The lowest BCUT2D eigenvalue weighted by molar-refractivity contribution is -0.146. The van der Waals surface area contributed by atoms with Gasteiger partial charge >= 0.3 is 5.97 Å². The third-order valence-corrected chi connectivity index (χ3v) is 3.26. The summed E-state index contributed by atoms with van der Waals surface area (Å²) < 4.78 is 4.85. The predicted molar refractivity (Wildman–Crippen MR) is 62.9 cm³/mol. The van der Waals surface area contributed by atoms with Gasteiger partial charge in [0, 0.05) is 12.6 Å². The molecular weight excluding hydrogens is 220 g/mol. The lowest BCUT2D eigenvalue weighted by Crippen LogP contribution is -2.49. The molecule has 1 fully saturated rings. The summed E-state index contributed by atoms with van der Waals surface area (Å²) in [5.74, 6) is 0.303. The number of esters is 1. The minimum atomic E-state index is -0.685. The van der Waals surface area contributed by atoms with Crippen LogP contribution in [0.2, 0.25) is 0 Å². The van der Waals surface area contributed by atoms with Crippen LogP contribution in [0, 0.1) is 0 Å². The molecule has 1 aromatic rings. The van der Waals surface area contributed by atoms with Crippen LogP contribution in [0.3, 0.4) is 0 Å². The number of aromatic nitrogens is 1. The molecule has 92 valence electrons. The highest BCUT2D eigenvalue weighted by molar-refractivity contribution is 5.85. The van der Waals surface area contributed by atoms with Crippen molar-refractivity contribution in [3.63, 3.8) is 0 Å². The summed E-state index contributed by atoms with van der Waals surface area (Å²) in [7, 11) is 1.39. The molecular formula is C12H16N2O3. The lowest BCUT2D eigenvalue weighted by Gasteiger charge is -2.33. The zero-order chi connectivity index (χ0) is 12.5. The average Bonchev–Trinajstić information content (AvgIpc) is 2.71. The van der Waals surface area contributed by atoms with Gasteiger partial charge in [-0.3, -0.25) is 0 Å². The van der Waals surface area contributed by atoms with Gasteiger partial charge in [-0.2, -0.15) is 4.98 Å². The number of methoxy groups -OCH3 is 1. The monoisotopic (exact) mass is 236 g/mol. The topological polar surface area (TPSA) is 62.7 Å². The summed E-state index contributed by atoms with van der Waals surface area (Å²) in [5, 5.41) is 9.39. The van der Waals surface area contributed by atoms with E-state index in [1.54, 1.807) is 12.1 Å². The molecule has 0 spiro atoms. The molecule has 1 aliphatic rings. The number of hydrogen-bond donors (Lipinski definition) is 1. The molecule has 0 aliphatic carbocycles. The second kappa shape index (κ2) is 4.24. The number of hydrogen-bond acceptors (Lipinski definition) is 5. The van der Waals surface area contributed by atoms with Crippen LogP contribution in [-0.2, 0) is 9.53 Å². The molecule has 2 rings (SSSR count). The molecule has 1 aromatic heterocycles. The number of aromatic hydroxyl groups is 1. The third-order valence-electron chi connectivity index (χ3n) is 3.26. The van der Waals surface area contributed by atoms with E-state index in [2.05, 4.69) is 4.98 Å². The fourth-order valence-electron chi connectivity index (χ4n) is 2.33. The van der Waals surface area contributed by atoms with Crippen molar-refractivity contribution in [2.45, 2.75) is 25.3 Å². The highest BCUT2D eigenvalue weighted by Gasteiger charge is 2.44. The molecule has 1 saturated heterocycles. The molecule has 0 amide bonds. The Morgan fingerprint density at radius 1 is 1.59 bits per heavy atom. The van der Waals surface area contributed by atoms with E-state index in [0.29, 0.717) is 5.82 Å². The third kappa shape index (κ3) is 1.92. The molecule has 0 saturated carbocycles. The summed E-state index contributed by atoms with van der Waals surface area (Å²) >= 11 is 0. The van der Waals surface area contributed by atoms with Crippen molar-refractivity contribution in [2.75, 3.05) is 18.6 Å². The van der Waals surface area contributed by atoms with Crippen LogP contribution in [0.1, 0.15) is 19.8 Å². The molecule has 1 atom stereocenters. The Morgan fingerprint density at radius 2 is 2.35 bits per heavy atom. The molecule has 1 aliphatic heterocycles. The zero-order valence-corrected chi connectivity index (χ0v) is 10.0. The Morgan fingerprint density at radius 3 is 3.00 bits per heavy atom. The Bertz CT molecular complexity index is 436. The summed E-state index contributed by atoms with van der Waals surface area (Å²) in [5.41, 5.74) is -0.685. The van der Waals surface area contributed by atoms with Crippen molar-refractivity contribution in [1.29, 1.82) is 0 Å². The van der Waals surface area contributed by atoms with Crippen LogP contribution in [0.4, 0.5) is 5.82 Å². The molecule has 5 heteroatoms. The molecule has 0 bridgehead atoms. The maximum absolute atomic E-state index is 11.9. The van der Waals surface area contributed by atoms with E-state index in [0.717, 1.165) is 19.4 Å². The molecule has 0 radical (unpaired) electrons. The summed E-state index contributed by atoms with van der Waals surface area (Å²) in [6.45, 7) is 2.58. The minimum Gasteiger partial charge on any atom is -0.493 e. The van der Waals surface area contributed by atoms with Crippen LogP contribution in [0.15, 0.2) is 18.2 Å². The van der Waals surface area contributed by atoms with E-state index in [4.69, 9.17) is 4.74 Å². The Hall–Kier alpha value is -1.78. The van der Waals surface area contributed by atoms with Crippen LogP contribution >= 0.6 is 0 Å². The Balaban J connectivity index is 2.35. The number of anilines is 1. The fraction of sp³-hybridized carbons (Fsp3) is 0.500. The quantitative estimate of drug-likeness (QED) is 0.785. The number of rotatable bonds is 2. The summed E-state index contributed by atoms with van der Waals surface area (Å²) in [6, 6.07) is 5.01. The fourth-order valence-corrected chi connectivity index (χ4v) is 2.33. The largest absolute Gasteiger partial charge is 0.493 e. The van der Waals surface area contributed by atoms with E-state index in [-0.39, 0.29) is 11.8 Å². The summed E-state index contributed by atoms with van der Waals surface area (Å²) in [6.07, 6.45) is 1.64. The van der Waals surface area contributed by atoms with Crippen molar-refractivity contribution in [3.8, 4) is 5.88 Å². The number of ether oxygens (including phenoxy) is 1. The Kier molecular flexibility index (Phi) is 2.92. The van der Waals surface area contributed by atoms with E-state index < -0.39 is 5.54 Å². The van der Waals surface area contributed by atoms with Gasteiger partial charge in [0.15, 0.2) is 0 Å². The van der Waals surface area contributed by atoms with Gasteiger partial charge in [0.25, 0.3) is 0 Å². The van der Waals surface area contributed by atoms with Crippen LogP contribution in [0.25, 0.3) is 0 Å². The first-order valence-electron chi connectivity index (χ1n) is 5.60. The lowest BCUT2D eigenvalue weighted by atomic mass is 9.99. The zero-order valence-electron chi connectivity index (χ0n) is 10.0. The van der Waals surface area contributed by atoms with Gasteiger partial charge < -0.3 is 14.7 Å². The first kappa shape index (κ1) is 11.7. The van der Waals surface area contributed by atoms with Gasteiger partial charge in [-0.1, -0.05) is 6.07 Å². The number of pyridine rings is 1. The van der Waals surface area contributed by atoms with Gasteiger partial charge in [-0.15, -0.1) is 0 Å². The molecule has 1 N–H and O–H groups in total.